The minimum absolute atomic E-state index is 0.0563. The highest BCUT2D eigenvalue weighted by molar-refractivity contribution is 5.58. The van der Waals surface area contributed by atoms with Gasteiger partial charge in [-0.05, 0) is 26.1 Å². The third-order valence-corrected chi connectivity index (χ3v) is 2.83. The largest absolute Gasteiger partial charge is 0.418 e. The van der Waals surface area contributed by atoms with Crippen LogP contribution in [0.3, 0.4) is 0 Å². The first kappa shape index (κ1) is 16.2. The first-order valence-electron chi connectivity index (χ1n) is 5.98. The van der Waals surface area contributed by atoms with Crippen LogP contribution in [0, 0.1) is 10.1 Å². The zero-order valence-corrected chi connectivity index (χ0v) is 11.2. The molecular weight excluding hydrogens is 275 g/mol. The predicted octanol–water partition coefficient (Wildman–Crippen LogP) is 2.66. The summed E-state index contributed by atoms with van der Waals surface area (Å²) in [5.74, 6) is 0. The number of nitro benzene ring substituents is 1. The molecule has 1 aromatic carbocycles. The predicted molar refractivity (Wildman–Crippen MR) is 69.9 cm³/mol. The quantitative estimate of drug-likeness (QED) is 0.497. The van der Waals surface area contributed by atoms with Gasteiger partial charge in [-0.1, -0.05) is 0 Å². The summed E-state index contributed by atoms with van der Waals surface area (Å²) in [4.78, 5) is 11.2. The molecule has 0 fully saturated rings. The maximum absolute atomic E-state index is 13.0. The van der Waals surface area contributed by atoms with Gasteiger partial charge in [-0.25, -0.2) is 0 Å². The maximum Gasteiger partial charge on any atom is 0.418 e. The summed E-state index contributed by atoms with van der Waals surface area (Å²) < 4.78 is 38.9. The second kappa shape index (κ2) is 6.56. The molecule has 0 aliphatic rings. The van der Waals surface area contributed by atoms with Gasteiger partial charge >= 0.3 is 6.18 Å². The normalized spacial score (nSPS) is 11.4. The summed E-state index contributed by atoms with van der Waals surface area (Å²) in [5, 5.41) is 13.5. The van der Waals surface area contributed by atoms with Crippen LogP contribution in [0.1, 0.15) is 12.0 Å². The molecule has 0 bridgehead atoms. The van der Waals surface area contributed by atoms with Crippen LogP contribution in [0.4, 0.5) is 24.5 Å². The zero-order valence-electron chi connectivity index (χ0n) is 11.2. The Morgan fingerprint density at radius 1 is 1.40 bits per heavy atom. The SMILES string of the molecule is CNCCCN(C)c1ccc([N+](=O)[O-])cc1C(F)(F)F. The topological polar surface area (TPSA) is 58.4 Å². The molecule has 1 aromatic rings. The molecule has 5 nitrogen and oxygen atoms in total. The van der Waals surface area contributed by atoms with Crippen molar-refractivity contribution >= 4 is 11.4 Å². The minimum Gasteiger partial charge on any atom is -0.374 e. The second-order valence-electron chi connectivity index (χ2n) is 4.33. The Kier molecular flexibility index (Phi) is 5.32. The molecule has 0 saturated carbocycles. The van der Waals surface area contributed by atoms with E-state index in [1.165, 1.54) is 11.9 Å². The van der Waals surface area contributed by atoms with Gasteiger partial charge in [0.2, 0.25) is 0 Å². The number of rotatable bonds is 6. The maximum atomic E-state index is 13.0. The van der Waals surface area contributed by atoms with Crippen LogP contribution in [-0.4, -0.2) is 32.1 Å². The van der Waals surface area contributed by atoms with Crippen LogP contribution in [0.15, 0.2) is 18.2 Å². The molecule has 1 N–H and O–H groups in total. The first-order chi connectivity index (χ1) is 9.27. The monoisotopic (exact) mass is 291 g/mol. The van der Waals surface area contributed by atoms with E-state index in [4.69, 9.17) is 0 Å². The Bertz CT molecular complexity index is 478. The van der Waals surface area contributed by atoms with Gasteiger partial charge in [0.1, 0.15) is 0 Å². The van der Waals surface area contributed by atoms with E-state index in [1.807, 2.05) is 0 Å². The summed E-state index contributed by atoms with van der Waals surface area (Å²) in [7, 11) is 3.29. The highest BCUT2D eigenvalue weighted by Gasteiger charge is 2.36. The summed E-state index contributed by atoms with van der Waals surface area (Å²) in [6.07, 6.45) is -3.96. The van der Waals surface area contributed by atoms with E-state index < -0.39 is 22.4 Å². The lowest BCUT2D eigenvalue weighted by Gasteiger charge is -2.23. The fourth-order valence-corrected chi connectivity index (χ4v) is 1.81. The van der Waals surface area contributed by atoms with Gasteiger partial charge in [0.25, 0.3) is 5.69 Å². The molecule has 0 amide bonds. The highest BCUT2D eigenvalue weighted by atomic mass is 19.4. The standard InChI is InChI=1S/C12H16F3N3O2/c1-16-6-3-7-17(2)11-5-4-9(18(19)20)8-10(11)12(13,14)15/h4-5,8,16H,3,6-7H2,1-2H3. The van der Waals surface area contributed by atoms with Crippen LogP contribution in [0.25, 0.3) is 0 Å². The molecule has 0 spiro atoms. The van der Waals surface area contributed by atoms with E-state index in [9.17, 15) is 23.3 Å². The molecule has 0 heterocycles. The van der Waals surface area contributed by atoms with Gasteiger partial charge in [-0.2, -0.15) is 13.2 Å². The summed E-state index contributed by atoms with van der Waals surface area (Å²) in [6, 6.07) is 2.80. The molecular formula is C12H16F3N3O2. The molecule has 20 heavy (non-hydrogen) atoms. The number of nitro groups is 1. The Morgan fingerprint density at radius 3 is 2.55 bits per heavy atom. The number of benzene rings is 1. The third kappa shape index (κ3) is 4.09. The van der Waals surface area contributed by atoms with Crippen molar-refractivity contribution in [2.75, 3.05) is 32.1 Å². The molecule has 0 aromatic heterocycles. The fraction of sp³-hybridized carbons (Fsp3) is 0.500. The van der Waals surface area contributed by atoms with Crippen molar-refractivity contribution in [3.63, 3.8) is 0 Å². The average Bonchev–Trinajstić information content (AvgIpc) is 2.37. The number of halogens is 3. The molecule has 112 valence electrons. The first-order valence-corrected chi connectivity index (χ1v) is 5.98. The lowest BCUT2D eigenvalue weighted by molar-refractivity contribution is -0.385. The van der Waals surface area contributed by atoms with Gasteiger partial charge in [0.05, 0.1) is 10.5 Å². The lowest BCUT2D eigenvalue weighted by Crippen LogP contribution is -2.25. The Hall–Kier alpha value is -1.83. The van der Waals surface area contributed by atoms with E-state index in [1.54, 1.807) is 7.05 Å². The van der Waals surface area contributed by atoms with Crippen molar-refractivity contribution in [2.24, 2.45) is 0 Å². The summed E-state index contributed by atoms with van der Waals surface area (Å²) >= 11 is 0. The Labute approximate surface area is 114 Å². The molecule has 0 radical (unpaired) electrons. The van der Waals surface area contributed by atoms with Crippen LogP contribution in [-0.2, 0) is 6.18 Å². The molecule has 0 unspecified atom stereocenters. The van der Waals surface area contributed by atoms with Crippen molar-refractivity contribution in [3.8, 4) is 0 Å². The average molecular weight is 291 g/mol. The zero-order chi connectivity index (χ0) is 15.3. The second-order valence-corrected chi connectivity index (χ2v) is 4.33. The molecule has 0 aliphatic heterocycles. The third-order valence-electron chi connectivity index (χ3n) is 2.83. The van der Waals surface area contributed by atoms with Crippen LogP contribution in [0.5, 0.6) is 0 Å². The van der Waals surface area contributed by atoms with Crippen LogP contribution >= 0.6 is 0 Å². The lowest BCUT2D eigenvalue weighted by atomic mass is 10.1. The van der Waals surface area contributed by atoms with E-state index in [0.717, 1.165) is 12.1 Å². The van der Waals surface area contributed by atoms with Crippen molar-refractivity contribution < 1.29 is 18.1 Å². The number of hydrogen-bond donors (Lipinski definition) is 1. The molecule has 0 aliphatic carbocycles. The Morgan fingerprint density at radius 2 is 2.05 bits per heavy atom. The van der Waals surface area contributed by atoms with E-state index in [0.29, 0.717) is 25.6 Å². The van der Waals surface area contributed by atoms with Gasteiger partial charge in [-0.15, -0.1) is 0 Å². The van der Waals surface area contributed by atoms with E-state index in [2.05, 4.69) is 5.32 Å². The number of nitrogens with one attached hydrogen (secondary N) is 1. The number of nitrogens with zero attached hydrogens (tertiary/aromatic N) is 2. The Balaban J connectivity index is 3.08. The minimum atomic E-state index is -4.63. The smallest absolute Gasteiger partial charge is 0.374 e. The number of non-ortho nitro benzene ring substituents is 1. The van der Waals surface area contributed by atoms with Crippen molar-refractivity contribution in [2.45, 2.75) is 12.6 Å². The molecule has 8 heteroatoms. The van der Waals surface area contributed by atoms with Crippen LogP contribution in [0.2, 0.25) is 0 Å². The summed E-state index contributed by atoms with van der Waals surface area (Å²) in [5.41, 5.74) is -1.61. The van der Waals surface area contributed by atoms with Gasteiger partial charge < -0.3 is 10.2 Å². The van der Waals surface area contributed by atoms with Gasteiger partial charge in [0.15, 0.2) is 0 Å². The van der Waals surface area contributed by atoms with Crippen LogP contribution < -0.4 is 10.2 Å². The number of alkyl halides is 3. The van der Waals surface area contributed by atoms with Gasteiger partial charge in [-0.3, -0.25) is 10.1 Å². The summed E-state index contributed by atoms with van der Waals surface area (Å²) in [6.45, 7) is 1.10. The van der Waals surface area contributed by atoms with Crippen molar-refractivity contribution in [3.05, 3.63) is 33.9 Å². The number of anilines is 1. The van der Waals surface area contributed by atoms with E-state index >= 15 is 0 Å². The number of hydrogen-bond acceptors (Lipinski definition) is 4. The van der Waals surface area contributed by atoms with Crippen molar-refractivity contribution in [1.29, 1.82) is 0 Å². The van der Waals surface area contributed by atoms with E-state index in [-0.39, 0.29) is 5.69 Å². The van der Waals surface area contributed by atoms with Crippen molar-refractivity contribution in [1.82, 2.24) is 5.32 Å². The van der Waals surface area contributed by atoms with Gasteiger partial charge in [0, 0.05) is 31.4 Å². The molecule has 0 atom stereocenters. The molecule has 1 rings (SSSR count). The fourth-order valence-electron chi connectivity index (χ4n) is 1.81. The highest BCUT2D eigenvalue weighted by Crippen LogP contribution is 2.38. The molecule has 0 saturated heterocycles.